The van der Waals surface area contributed by atoms with Crippen molar-refractivity contribution in [3.63, 3.8) is 0 Å². The van der Waals surface area contributed by atoms with E-state index in [1.54, 1.807) is 12.1 Å². The van der Waals surface area contributed by atoms with Gasteiger partial charge in [-0.15, -0.1) is 0 Å². The second-order valence-electron chi connectivity index (χ2n) is 3.79. The third-order valence-corrected chi connectivity index (χ3v) is 2.67. The van der Waals surface area contributed by atoms with Crippen molar-refractivity contribution < 1.29 is 9.13 Å². The van der Waals surface area contributed by atoms with Crippen molar-refractivity contribution in [2.24, 2.45) is 0 Å². The number of nitrogens with zero attached hydrogens (tertiary/aromatic N) is 1. The zero-order valence-corrected chi connectivity index (χ0v) is 8.87. The molecule has 2 rings (SSSR count). The van der Waals surface area contributed by atoms with Crippen LogP contribution in [0.2, 0.25) is 0 Å². The SMILES string of the molecule is N#Cc1c(F)cccc1NCC1CCCO1. The Morgan fingerprint density at radius 3 is 3.12 bits per heavy atom. The monoisotopic (exact) mass is 220 g/mol. The third-order valence-electron chi connectivity index (χ3n) is 2.67. The topological polar surface area (TPSA) is 45.0 Å². The molecule has 0 amide bonds. The fourth-order valence-electron chi connectivity index (χ4n) is 1.81. The Bertz CT molecular complexity index is 408. The van der Waals surface area contributed by atoms with E-state index in [0.717, 1.165) is 19.4 Å². The van der Waals surface area contributed by atoms with E-state index in [-0.39, 0.29) is 11.7 Å². The highest BCUT2D eigenvalue weighted by Crippen LogP contribution is 2.19. The Labute approximate surface area is 93.8 Å². The first-order valence-electron chi connectivity index (χ1n) is 5.35. The molecule has 0 radical (unpaired) electrons. The Morgan fingerprint density at radius 1 is 1.56 bits per heavy atom. The molecule has 84 valence electrons. The van der Waals surface area contributed by atoms with Crippen LogP contribution >= 0.6 is 0 Å². The Hall–Kier alpha value is -1.60. The lowest BCUT2D eigenvalue weighted by molar-refractivity contribution is 0.120. The van der Waals surface area contributed by atoms with Gasteiger partial charge in [0.1, 0.15) is 17.4 Å². The van der Waals surface area contributed by atoms with Crippen LogP contribution in [0.4, 0.5) is 10.1 Å². The molecule has 0 aromatic heterocycles. The van der Waals surface area contributed by atoms with Gasteiger partial charge in [-0.1, -0.05) is 6.07 Å². The minimum atomic E-state index is -0.486. The van der Waals surface area contributed by atoms with E-state index in [9.17, 15) is 4.39 Å². The van der Waals surface area contributed by atoms with Gasteiger partial charge in [0, 0.05) is 13.2 Å². The van der Waals surface area contributed by atoms with Crippen molar-refractivity contribution in [2.45, 2.75) is 18.9 Å². The number of ether oxygens (including phenoxy) is 1. The summed E-state index contributed by atoms with van der Waals surface area (Å²) >= 11 is 0. The predicted octanol–water partition coefficient (Wildman–Crippen LogP) is 2.29. The second kappa shape index (κ2) is 4.95. The quantitative estimate of drug-likeness (QED) is 0.850. The number of nitrogens with one attached hydrogen (secondary N) is 1. The molecule has 1 aromatic carbocycles. The van der Waals surface area contributed by atoms with Crippen molar-refractivity contribution in [3.8, 4) is 6.07 Å². The van der Waals surface area contributed by atoms with Gasteiger partial charge in [-0.05, 0) is 25.0 Å². The van der Waals surface area contributed by atoms with Crippen molar-refractivity contribution in [1.29, 1.82) is 5.26 Å². The zero-order chi connectivity index (χ0) is 11.4. The molecule has 1 fully saturated rings. The van der Waals surface area contributed by atoms with Gasteiger partial charge >= 0.3 is 0 Å². The van der Waals surface area contributed by atoms with Gasteiger partial charge in [-0.25, -0.2) is 4.39 Å². The van der Waals surface area contributed by atoms with Crippen molar-refractivity contribution in [3.05, 3.63) is 29.6 Å². The van der Waals surface area contributed by atoms with Crippen LogP contribution in [0, 0.1) is 17.1 Å². The summed E-state index contributed by atoms with van der Waals surface area (Å²) in [6, 6.07) is 6.44. The third kappa shape index (κ3) is 2.31. The Kier molecular flexibility index (Phi) is 3.37. The summed E-state index contributed by atoms with van der Waals surface area (Å²) in [5.74, 6) is -0.486. The molecule has 0 aliphatic carbocycles. The van der Waals surface area contributed by atoms with E-state index in [0.29, 0.717) is 12.2 Å². The Balaban J connectivity index is 2.03. The molecule has 0 spiro atoms. The minimum Gasteiger partial charge on any atom is -0.381 e. The van der Waals surface area contributed by atoms with Crippen molar-refractivity contribution in [2.75, 3.05) is 18.5 Å². The summed E-state index contributed by atoms with van der Waals surface area (Å²) in [6.45, 7) is 1.42. The van der Waals surface area contributed by atoms with Crippen LogP contribution in [0.5, 0.6) is 0 Å². The first-order valence-corrected chi connectivity index (χ1v) is 5.35. The maximum atomic E-state index is 13.3. The fourth-order valence-corrected chi connectivity index (χ4v) is 1.81. The molecular weight excluding hydrogens is 207 g/mol. The molecule has 0 saturated carbocycles. The molecule has 1 aromatic rings. The number of hydrogen-bond acceptors (Lipinski definition) is 3. The van der Waals surface area contributed by atoms with Crippen LogP contribution in [-0.2, 0) is 4.74 Å². The van der Waals surface area contributed by atoms with E-state index in [4.69, 9.17) is 10.00 Å². The normalized spacial score (nSPS) is 19.4. The molecule has 0 bridgehead atoms. The lowest BCUT2D eigenvalue weighted by atomic mass is 10.1. The summed E-state index contributed by atoms with van der Waals surface area (Å²) in [5.41, 5.74) is 0.610. The highest BCUT2D eigenvalue weighted by Gasteiger charge is 2.16. The van der Waals surface area contributed by atoms with E-state index >= 15 is 0 Å². The van der Waals surface area contributed by atoms with Crippen LogP contribution in [0.1, 0.15) is 18.4 Å². The maximum Gasteiger partial charge on any atom is 0.143 e. The molecule has 1 N–H and O–H groups in total. The largest absolute Gasteiger partial charge is 0.381 e. The molecule has 1 atom stereocenters. The van der Waals surface area contributed by atoms with E-state index in [1.807, 2.05) is 6.07 Å². The molecular formula is C12H13FN2O. The molecule has 16 heavy (non-hydrogen) atoms. The fraction of sp³-hybridized carbons (Fsp3) is 0.417. The van der Waals surface area contributed by atoms with Crippen LogP contribution in [0.15, 0.2) is 18.2 Å². The first kappa shape index (κ1) is 10.9. The lowest BCUT2D eigenvalue weighted by Gasteiger charge is -2.12. The summed E-state index contributed by atoms with van der Waals surface area (Å²) < 4.78 is 18.7. The summed E-state index contributed by atoms with van der Waals surface area (Å²) in [7, 11) is 0. The molecule has 1 aliphatic heterocycles. The highest BCUT2D eigenvalue weighted by atomic mass is 19.1. The first-order chi connectivity index (χ1) is 7.81. The van der Waals surface area contributed by atoms with Gasteiger partial charge in [-0.2, -0.15) is 5.26 Å². The predicted molar refractivity (Wildman–Crippen MR) is 58.6 cm³/mol. The van der Waals surface area contributed by atoms with E-state index in [2.05, 4.69) is 5.32 Å². The second-order valence-corrected chi connectivity index (χ2v) is 3.79. The number of hydrogen-bond donors (Lipinski definition) is 1. The average Bonchev–Trinajstić information content (AvgIpc) is 2.79. The number of anilines is 1. The summed E-state index contributed by atoms with van der Waals surface area (Å²) in [6.07, 6.45) is 2.26. The van der Waals surface area contributed by atoms with E-state index < -0.39 is 5.82 Å². The summed E-state index contributed by atoms with van der Waals surface area (Å²) in [4.78, 5) is 0. The smallest absolute Gasteiger partial charge is 0.143 e. The minimum absolute atomic E-state index is 0.0699. The number of rotatable bonds is 3. The van der Waals surface area contributed by atoms with Gasteiger partial charge < -0.3 is 10.1 Å². The zero-order valence-electron chi connectivity index (χ0n) is 8.87. The average molecular weight is 220 g/mol. The number of benzene rings is 1. The van der Waals surface area contributed by atoms with E-state index in [1.165, 1.54) is 6.07 Å². The maximum absolute atomic E-state index is 13.3. The van der Waals surface area contributed by atoms with Gasteiger partial charge in [0.2, 0.25) is 0 Å². The van der Waals surface area contributed by atoms with Crippen LogP contribution in [-0.4, -0.2) is 19.3 Å². The highest BCUT2D eigenvalue weighted by molar-refractivity contribution is 5.57. The van der Waals surface area contributed by atoms with Gasteiger partial charge in [0.05, 0.1) is 11.8 Å². The van der Waals surface area contributed by atoms with Crippen LogP contribution in [0.3, 0.4) is 0 Å². The molecule has 3 nitrogen and oxygen atoms in total. The van der Waals surface area contributed by atoms with Gasteiger partial charge in [-0.3, -0.25) is 0 Å². The standard InChI is InChI=1S/C12H13FN2O/c13-11-4-1-5-12(10(11)7-14)15-8-9-3-2-6-16-9/h1,4-5,9,15H,2-3,6,8H2. The van der Waals surface area contributed by atoms with Crippen LogP contribution in [0.25, 0.3) is 0 Å². The van der Waals surface area contributed by atoms with Crippen LogP contribution < -0.4 is 5.32 Å². The van der Waals surface area contributed by atoms with Crippen molar-refractivity contribution in [1.82, 2.24) is 0 Å². The molecule has 4 heteroatoms. The van der Waals surface area contributed by atoms with Crippen molar-refractivity contribution >= 4 is 5.69 Å². The number of halogens is 1. The molecule has 1 saturated heterocycles. The Morgan fingerprint density at radius 2 is 2.44 bits per heavy atom. The summed E-state index contributed by atoms with van der Waals surface area (Å²) in [5, 5.41) is 11.9. The van der Waals surface area contributed by atoms with Gasteiger partial charge in [0.15, 0.2) is 0 Å². The number of nitriles is 1. The van der Waals surface area contributed by atoms with Gasteiger partial charge in [0.25, 0.3) is 0 Å². The molecule has 1 heterocycles. The molecule has 1 aliphatic rings. The molecule has 1 unspecified atom stereocenters. The lowest BCUT2D eigenvalue weighted by Crippen LogP contribution is -2.19.